The summed E-state index contributed by atoms with van der Waals surface area (Å²) < 4.78 is 40.0. The lowest BCUT2D eigenvalue weighted by Crippen LogP contribution is -2.40. The van der Waals surface area contributed by atoms with Crippen molar-refractivity contribution in [1.29, 1.82) is 0 Å². The lowest BCUT2D eigenvalue weighted by Gasteiger charge is -2.33. The SMILES string of the molecule is O=C(NC1CCC(Nc2cc(C(F)(F)F)nc3ccccc23)CC1)c1ccc(N2CCC2)cc1. The van der Waals surface area contributed by atoms with Crippen molar-refractivity contribution in [2.45, 2.75) is 50.4 Å². The Morgan fingerprint density at radius 3 is 2.26 bits per heavy atom. The maximum Gasteiger partial charge on any atom is 0.433 e. The van der Waals surface area contributed by atoms with Crippen LogP contribution in [0.1, 0.15) is 48.2 Å². The Balaban J connectivity index is 1.19. The van der Waals surface area contributed by atoms with Crippen molar-refractivity contribution in [1.82, 2.24) is 10.3 Å². The number of pyridine rings is 1. The third kappa shape index (κ3) is 4.81. The van der Waals surface area contributed by atoms with E-state index in [4.69, 9.17) is 0 Å². The topological polar surface area (TPSA) is 57.3 Å². The largest absolute Gasteiger partial charge is 0.433 e. The van der Waals surface area contributed by atoms with Crippen LogP contribution in [0.2, 0.25) is 0 Å². The summed E-state index contributed by atoms with van der Waals surface area (Å²) in [6.45, 7) is 2.13. The zero-order chi connectivity index (χ0) is 23.7. The minimum Gasteiger partial charge on any atom is -0.382 e. The Labute approximate surface area is 196 Å². The number of halogens is 3. The Morgan fingerprint density at radius 1 is 0.941 bits per heavy atom. The zero-order valence-electron chi connectivity index (χ0n) is 18.7. The zero-order valence-corrected chi connectivity index (χ0v) is 18.7. The molecule has 0 unspecified atom stereocenters. The van der Waals surface area contributed by atoms with E-state index < -0.39 is 11.9 Å². The van der Waals surface area contributed by atoms with Gasteiger partial charge in [0.05, 0.1) is 5.52 Å². The van der Waals surface area contributed by atoms with Crippen molar-refractivity contribution in [3.05, 3.63) is 65.9 Å². The summed E-state index contributed by atoms with van der Waals surface area (Å²) in [5, 5.41) is 7.10. The molecule has 178 valence electrons. The minimum atomic E-state index is -4.50. The number of anilines is 2. The van der Waals surface area contributed by atoms with Gasteiger partial charge in [-0.25, -0.2) is 4.98 Å². The van der Waals surface area contributed by atoms with Crippen LogP contribution in [0.5, 0.6) is 0 Å². The average molecular weight is 469 g/mol. The van der Waals surface area contributed by atoms with Crippen molar-refractivity contribution in [2.75, 3.05) is 23.3 Å². The summed E-state index contributed by atoms with van der Waals surface area (Å²) in [6.07, 6.45) is -0.237. The van der Waals surface area contributed by atoms with Crippen LogP contribution in [0.25, 0.3) is 10.9 Å². The first-order valence-corrected chi connectivity index (χ1v) is 11.8. The maximum atomic E-state index is 13.3. The van der Waals surface area contributed by atoms with Gasteiger partial charge in [-0.1, -0.05) is 18.2 Å². The normalized spacial score (nSPS) is 20.6. The number of rotatable bonds is 5. The molecule has 1 aromatic heterocycles. The molecular weight excluding hydrogens is 441 g/mol. The van der Waals surface area contributed by atoms with Gasteiger partial charge in [0, 0.05) is 47.5 Å². The molecule has 1 aliphatic carbocycles. The Kier molecular flexibility index (Phi) is 6.06. The Bertz CT molecular complexity index is 1170. The number of carbonyl (C=O) groups is 1. The van der Waals surface area contributed by atoms with E-state index in [1.807, 2.05) is 24.3 Å². The highest BCUT2D eigenvalue weighted by molar-refractivity contribution is 5.95. The van der Waals surface area contributed by atoms with E-state index >= 15 is 0 Å². The molecule has 1 aliphatic heterocycles. The molecule has 0 bridgehead atoms. The van der Waals surface area contributed by atoms with Crippen molar-refractivity contribution >= 4 is 28.2 Å². The summed E-state index contributed by atoms with van der Waals surface area (Å²) in [4.78, 5) is 18.7. The van der Waals surface area contributed by atoms with Crippen LogP contribution >= 0.6 is 0 Å². The van der Waals surface area contributed by atoms with E-state index in [1.54, 1.807) is 24.3 Å². The number of benzene rings is 2. The third-order valence-electron chi connectivity index (χ3n) is 6.78. The van der Waals surface area contributed by atoms with Crippen molar-refractivity contribution in [3.63, 3.8) is 0 Å². The third-order valence-corrected chi connectivity index (χ3v) is 6.78. The number of carbonyl (C=O) groups excluding carboxylic acids is 1. The Morgan fingerprint density at radius 2 is 1.62 bits per heavy atom. The highest BCUT2D eigenvalue weighted by atomic mass is 19.4. The predicted octanol–water partition coefficient (Wildman–Crippen LogP) is 5.62. The fraction of sp³-hybridized carbons (Fsp3) is 0.385. The first-order valence-electron chi connectivity index (χ1n) is 11.8. The molecule has 2 heterocycles. The smallest absolute Gasteiger partial charge is 0.382 e. The van der Waals surface area contributed by atoms with E-state index in [9.17, 15) is 18.0 Å². The van der Waals surface area contributed by atoms with Crippen molar-refractivity contribution < 1.29 is 18.0 Å². The number of fused-ring (bicyclic) bond motifs is 1. The molecule has 8 heteroatoms. The van der Waals surface area contributed by atoms with E-state index in [0.29, 0.717) is 22.2 Å². The molecular formula is C26H27F3N4O. The highest BCUT2D eigenvalue weighted by Crippen LogP contribution is 2.34. The number of amides is 1. The minimum absolute atomic E-state index is 0.0378. The summed E-state index contributed by atoms with van der Waals surface area (Å²) in [5.41, 5.74) is 1.67. The van der Waals surface area contributed by atoms with Gasteiger partial charge in [0.25, 0.3) is 5.91 Å². The van der Waals surface area contributed by atoms with Gasteiger partial charge in [0.1, 0.15) is 5.69 Å². The van der Waals surface area contributed by atoms with Gasteiger partial charge in [0.2, 0.25) is 0 Å². The number of nitrogens with one attached hydrogen (secondary N) is 2. The average Bonchev–Trinajstić information content (AvgIpc) is 2.79. The van der Waals surface area contributed by atoms with E-state index in [2.05, 4.69) is 20.5 Å². The standard InChI is InChI=1S/C26H27F3N4O/c27-26(28,29)24-16-23(21-4-1-2-5-22(21)32-24)30-18-8-10-19(11-9-18)31-25(34)17-6-12-20(13-7-17)33-14-3-15-33/h1-2,4-7,12-13,16,18-19H,3,8-11,14-15H2,(H,30,32)(H,31,34). The summed E-state index contributed by atoms with van der Waals surface area (Å²) in [6, 6.07) is 15.8. The van der Waals surface area contributed by atoms with Gasteiger partial charge in [-0.2, -0.15) is 13.2 Å². The summed E-state index contributed by atoms with van der Waals surface area (Å²) in [5.74, 6) is -0.0819. The van der Waals surface area contributed by atoms with E-state index in [1.165, 1.54) is 6.42 Å². The fourth-order valence-corrected chi connectivity index (χ4v) is 4.71. The molecule has 0 spiro atoms. The quantitative estimate of drug-likeness (QED) is 0.511. The number of aromatic nitrogens is 1. The van der Waals surface area contributed by atoms with Crippen LogP contribution in [0.3, 0.4) is 0 Å². The molecule has 2 N–H and O–H groups in total. The number of para-hydroxylation sites is 1. The molecule has 5 nitrogen and oxygen atoms in total. The van der Waals surface area contributed by atoms with Gasteiger partial charge in [-0.05, 0) is 68.5 Å². The van der Waals surface area contributed by atoms with E-state index in [0.717, 1.165) is 50.5 Å². The molecule has 1 amide bonds. The van der Waals surface area contributed by atoms with Gasteiger partial charge in [-0.15, -0.1) is 0 Å². The Hall–Kier alpha value is -3.29. The predicted molar refractivity (Wildman–Crippen MR) is 127 cm³/mol. The van der Waals surface area contributed by atoms with Crippen molar-refractivity contribution in [2.24, 2.45) is 0 Å². The van der Waals surface area contributed by atoms with Crippen LogP contribution in [0, 0.1) is 0 Å². The van der Waals surface area contributed by atoms with Crippen LogP contribution < -0.4 is 15.5 Å². The number of nitrogens with zero attached hydrogens (tertiary/aromatic N) is 2. The second-order valence-electron chi connectivity index (χ2n) is 9.12. The van der Waals surface area contributed by atoms with E-state index in [-0.39, 0.29) is 18.0 Å². The lowest BCUT2D eigenvalue weighted by molar-refractivity contribution is -0.140. The molecule has 3 aromatic rings. The molecule has 1 saturated heterocycles. The second-order valence-corrected chi connectivity index (χ2v) is 9.12. The maximum absolute atomic E-state index is 13.3. The molecule has 1 saturated carbocycles. The summed E-state index contributed by atoms with van der Waals surface area (Å²) in [7, 11) is 0. The fourth-order valence-electron chi connectivity index (χ4n) is 4.71. The molecule has 0 radical (unpaired) electrons. The number of alkyl halides is 3. The number of hydrogen-bond acceptors (Lipinski definition) is 4. The molecule has 0 atom stereocenters. The first kappa shape index (κ1) is 22.5. The molecule has 34 heavy (non-hydrogen) atoms. The summed E-state index contributed by atoms with van der Waals surface area (Å²) >= 11 is 0. The molecule has 5 rings (SSSR count). The molecule has 2 aromatic carbocycles. The molecule has 2 aliphatic rings. The van der Waals surface area contributed by atoms with Crippen LogP contribution in [-0.2, 0) is 6.18 Å². The highest BCUT2D eigenvalue weighted by Gasteiger charge is 2.34. The van der Waals surface area contributed by atoms with Crippen LogP contribution in [0.15, 0.2) is 54.6 Å². The lowest BCUT2D eigenvalue weighted by atomic mass is 9.90. The van der Waals surface area contributed by atoms with Crippen molar-refractivity contribution in [3.8, 4) is 0 Å². The monoisotopic (exact) mass is 468 g/mol. The number of hydrogen-bond donors (Lipinski definition) is 2. The van der Waals surface area contributed by atoms with Gasteiger partial charge in [0.15, 0.2) is 0 Å². The van der Waals surface area contributed by atoms with Crippen LogP contribution in [0.4, 0.5) is 24.5 Å². The second kappa shape index (κ2) is 9.16. The van der Waals surface area contributed by atoms with Gasteiger partial charge >= 0.3 is 6.18 Å². The molecule has 2 fully saturated rings. The van der Waals surface area contributed by atoms with Crippen LogP contribution in [-0.4, -0.2) is 36.1 Å². The van der Waals surface area contributed by atoms with Gasteiger partial charge in [-0.3, -0.25) is 4.79 Å². The van der Waals surface area contributed by atoms with Gasteiger partial charge < -0.3 is 15.5 Å². The first-order chi connectivity index (χ1) is 16.4.